The molecule has 1 rings (SSSR count). The first-order valence-electron chi connectivity index (χ1n) is 4.76. The molecule has 0 aromatic rings. The van der Waals surface area contributed by atoms with Crippen molar-refractivity contribution < 1.29 is 9.90 Å². The molecule has 4 heteroatoms. The highest BCUT2D eigenvalue weighted by Gasteiger charge is 2.20. The maximum atomic E-state index is 8.78. The predicted molar refractivity (Wildman–Crippen MR) is 55.0 cm³/mol. The highest BCUT2D eigenvalue weighted by molar-refractivity contribution is 5.98. The molecule has 1 atom stereocenters. The topological polar surface area (TPSA) is 68.7 Å². The Kier molecular flexibility index (Phi) is 4.26. The SMILES string of the molecule is CCNC1C=C(CCO)C=CC1=[N+]=[N-]. The Bertz CT molecular complexity index is 300. The van der Waals surface area contributed by atoms with Crippen LogP contribution in [0.25, 0.3) is 5.53 Å². The summed E-state index contributed by atoms with van der Waals surface area (Å²) in [5.74, 6) is 0. The van der Waals surface area contributed by atoms with Gasteiger partial charge in [0.15, 0.2) is 0 Å². The molecule has 1 aliphatic rings. The zero-order valence-corrected chi connectivity index (χ0v) is 8.27. The van der Waals surface area contributed by atoms with Crippen molar-refractivity contribution in [1.82, 2.24) is 5.32 Å². The van der Waals surface area contributed by atoms with Crippen LogP contribution in [0.2, 0.25) is 0 Å². The van der Waals surface area contributed by atoms with Crippen molar-refractivity contribution in [2.24, 2.45) is 0 Å². The minimum Gasteiger partial charge on any atom is -0.396 e. The van der Waals surface area contributed by atoms with Crippen LogP contribution in [-0.2, 0) is 0 Å². The molecule has 0 bridgehead atoms. The van der Waals surface area contributed by atoms with Crippen LogP contribution < -0.4 is 5.32 Å². The van der Waals surface area contributed by atoms with E-state index in [0.29, 0.717) is 12.1 Å². The summed E-state index contributed by atoms with van der Waals surface area (Å²) in [5.41, 5.74) is 10.4. The largest absolute Gasteiger partial charge is 0.396 e. The fourth-order valence-corrected chi connectivity index (χ4v) is 1.43. The van der Waals surface area contributed by atoms with Gasteiger partial charge in [0.1, 0.15) is 6.04 Å². The molecule has 1 aliphatic carbocycles. The monoisotopic (exact) mass is 193 g/mol. The lowest BCUT2D eigenvalue weighted by Crippen LogP contribution is -2.36. The van der Waals surface area contributed by atoms with Crippen LogP contribution in [0, 0.1) is 0 Å². The number of aliphatic hydroxyl groups is 1. The van der Waals surface area contributed by atoms with Gasteiger partial charge >= 0.3 is 5.71 Å². The van der Waals surface area contributed by atoms with Crippen molar-refractivity contribution in [2.75, 3.05) is 13.2 Å². The Labute approximate surface area is 83.6 Å². The van der Waals surface area contributed by atoms with E-state index >= 15 is 0 Å². The van der Waals surface area contributed by atoms with Gasteiger partial charge in [-0.25, -0.2) is 0 Å². The number of rotatable bonds is 4. The molecule has 14 heavy (non-hydrogen) atoms. The normalized spacial score (nSPS) is 20.6. The summed E-state index contributed by atoms with van der Waals surface area (Å²) >= 11 is 0. The van der Waals surface area contributed by atoms with E-state index in [-0.39, 0.29) is 12.6 Å². The standard InChI is InChI=1S/C10H15N3O/c1-2-12-10-7-8(5-6-14)3-4-9(10)13-11/h3-4,7,10,12,14H,2,5-6H2,1H3. The number of nitrogens with one attached hydrogen (secondary N) is 1. The summed E-state index contributed by atoms with van der Waals surface area (Å²) in [6, 6.07) is -0.0449. The van der Waals surface area contributed by atoms with E-state index in [9.17, 15) is 0 Å². The Morgan fingerprint density at radius 2 is 2.36 bits per heavy atom. The van der Waals surface area contributed by atoms with E-state index in [2.05, 4.69) is 10.1 Å². The number of aliphatic hydroxyl groups excluding tert-OH is 1. The Morgan fingerprint density at radius 1 is 1.57 bits per heavy atom. The second-order valence-corrected chi connectivity index (χ2v) is 3.11. The van der Waals surface area contributed by atoms with Crippen molar-refractivity contribution >= 4 is 5.71 Å². The Balaban J connectivity index is 2.77. The lowest BCUT2D eigenvalue weighted by atomic mass is 9.99. The molecule has 0 saturated heterocycles. The molecule has 2 N–H and O–H groups in total. The average Bonchev–Trinajstić information content (AvgIpc) is 2.19. The van der Waals surface area contributed by atoms with Crippen molar-refractivity contribution in [3.05, 3.63) is 29.3 Å². The molecule has 0 heterocycles. The molecule has 76 valence electrons. The van der Waals surface area contributed by atoms with E-state index in [1.54, 1.807) is 6.08 Å². The van der Waals surface area contributed by atoms with Crippen molar-refractivity contribution in [3.63, 3.8) is 0 Å². The summed E-state index contributed by atoms with van der Waals surface area (Å²) in [7, 11) is 0. The van der Waals surface area contributed by atoms with Crippen LogP contribution in [-0.4, -0.2) is 34.8 Å². The van der Waals surface area contributed by atoms with Crippen molar-refractivity contribution in [3.8, 4) is 0 Å². The quantitative estimate of drug-likeness (QED) is 0.504. The zero-order valence-electron chi connectivity index (χ0n) is 8.27. The molecule has 0 aliphatic heterocycles. The van der Waals surface area contributed by atoms with Crippen LogP contribution in [0.5, 0.6) is 0 Å². The average molecular weight is 193 g/mol. The van der Waals surface area contributed by atoms with Gasteiger partial charge in [-0.15, -0.1) is 0 Å². The third kappa shape index (κ3) is 2.64. The number of allylic oxidation sites excluding steroid dienone is 1. The smallest absolute Gasteiger partial charge is 0.312 e. The number of likely N-dealkylation sites (N-methyl/N-ethyl adjacent to an activating group) is 1. The minimum atomic E-state index is -0.0449. The van der Waals surface area contributed by atoms with Gasteiger partial charge < -0.3 is 16.0 Å². The summed E-state index contributed by atoms with van der Waals surface area (Å²) < 4.78 is 0. The Morgan fingerprint density at radius 3 is 2.93 bits per heavy atom. The van der Waals surface area contributed by atoms with Gasteiger partial charge in [0.05, 0.1) is 0 Å². The van der Waals surface area contributed by atoms with E-state index in [1.807, 2.05) is 19.1 Å². The van der Waals surface area contributed by atoms with Gasteiger partial charge in [0, 0.05) is 12.7 Å². The fraction of sp³-hybridized carbons (Fsp3) is 0.500. The van der Waals surface area contributed by atoms with Crippen LogP contribution in [0.15, 0.2) is 23.8 Å². The highest BCUT2D eigenvalue weighted by Crippen LogP contribution is 2.11. The predicted octanol–water partition coefficient (Wildman–Crippen LogP) is 0.514. The van der Waals surface area contributed by atoms with Crippen LogP contribution in [0.3, 0.4) is 0 Å². The first-order valence-corrected chi connectivity index (χ1v) is 4.76. The third-order valence-corrected chi connectivity index (χ3v) is 2.11. The zero-order chi connectivity index (χ0) is 10.4. The number of hydrogen-bond donors (Lipinski definition) is 2. The molecule has 0 spiro atoms. The van der Waals surface area contributed by atoms with Crippen LogP contribution >= 0.6 is 0 Å². The van der Waals surface area contributed by atoms with Gasteiger partial charge in [0.2, 0.25) is 0 Å². The molecule has 0 aromatic carbocycles. The van der Waals surface area contributed by atoms with E-state index in [0.717, 1.165) is 12.1 Å². The maximum absolute atomic E-state index is 8.78. The van der Waals surface area contributed by atoms with Crippen molar-refractivity contribution in [1.29, 1.82) is 0 Å². The molecule has 1 unspecified atom stereocenters. The molecule has 0 amide bonds. The van der Waals surface area contributed by atoms with Gasteiger partial charge in [-0.05, 0) is 18.5 Å². The lowest BCUT2D eigenvalue weighted by Gasteiger charge is -2.13. The third-order valence-electron chi connectivity index (χ3n) is 2.11. The lowest BCUT2D eigenvalue weighted by molar-refractivity contribution is -0.00760. The minimum absolute atomic E-state index is 0.0449. The van der Waals surface area contributed by atoms with E-state index in [1.165, 1.54) is 0 Å². The maximum Gasteiger partial charge on any atom is 0.312 e. The van der Waals surface area contributed by atoms with Crippen LogP contribution in [0.1, 0.15) is 13.3 Å². The summed E-state index contributed by atoms with van der Waals surface area (Å²) in [5, 5.41) is 12.0. The second kappa shape index (κ2) is 5.50. The Hall–Kier alpha value is -1.22. The molecule has 4 nitrogen and oxygen atoms in total. The summed E-state index contributed by atoms with van der Waals surface area (Å²) in [6.45, 7) is 2.94. The van der Waals surface area contributed by atoms with Crippen molar-refractivity contribution in [2.45, 2.75) is 19.4 Å². The number of nitrogens with zero attached hydrogens (tertiary/aromatic N) is 2. The molecule has 0 radical (unpaired) electrons. The van der Waals surface area contributed by atoms with Gasteiger partial charge in [0.25, 0.3) is 0 Å². The second-order valence-electron chi connectivity index (χ2n) is 3.11. The molecular weight excluding hydrogens is 178 g/mol. The van der Waals surface area contributed by atoms with E-state index < -0.39 is 0 Å². The van der Waals surface area contributed by atoms with Gasteiger partial charge in [-0.3, -0.25) is 0 Å². The van der Waals surface area contributed by atoms with Gasteiger partial charge in [-0.2, -0.15) is 4.79 Å². The first kappa shape index (κ1) is 10.9. The molecule has 0 saturated carbocycles. The van der Waals surface area contributed by atoms with Crippen LogP contribution in [0.4, 0.5) is 0 Å². The highest BCUT2D eigenvalue weighted by atomic mass is 16.2. The fourth-order valence-electron chi connectivity index (χ4n) is 1.43. The number of hydrogen-bond acceptors (Lipinski definition) is 2. The van der Waals surface area contributed by atoms with E-state index in [4.69, 9.17) is 10.6 Å². The molecule has 0 fully saturated rings. The first-order chi connectivity index (χ1) is 6.81. The summed E-state index contributed by atoms with van der Waals surface area (Å²) in [4.78, 5) is 3.20. The molecular formula is C10H15N3O. The van der Waals surface area contributed by atoms with Gasteiger partial charge in [-0.1, -0.05) is 19.1 Å². The summed E-state index contributed by atoms with van der Waals surface area (Å²) in [6.07, 6.45) is 6.23. The molecule has 0 aromatic heterocycles.